The summed E-state index contributed by atoms with van der Waals surface area (Å²) in [5, 5.41) is 64.1. The quantitative estimate of drug-likeness (QED) is 0.00776. The molecule has 11 aromatic heterocycles. The Morgan fingerprint density at radius 2 is 0.903 bits per heavy atom. The molecule has 0 saturated heterocycles. The fourth-order valence-electron chi connectivity index (χ4n) is 15.6. The number of rotatable bonds is 21. The standard InChI is InChI=1S/C21H26N4O3.C20H23ClN4O2.C17H20N4O.C9H9N3O.2C8H8BrNO.C8H9NO2.C8H9NO.C8H18O2Si/c1-12-7-9-15(22-16(12)11-26)18(21(3,4)20(27)28-6)14-8-10-17-19(13(14)2)23-24-25(17)5;1-12-6-8-14(22-16(12)11-21)18(20(2,3)19(26)27-5)13-7-9-17-15(10-13)23-24-25(17)4;1-5-13-10(2)6-8-14(18-13)17(22)12-7-9-15-16(11(12)3)19-20-21(15)4;1-6-7(5-13)3-4-8-9(6)10-11-12(8)2;2*1-5-3-4-7(9)10-8(5)6(2)11;1-6-4-3-5-9(11)8(6)7(2)10;1-6-4-3-5-9-8(6)7(2)10;1-7(2)8(9-3)10-11(4,5)6/h7-10,18,26H,11H2,1-6H3;6-10,18H,11H2,1-5H3;6-9,17,22H,5H2,1-4H3;3-5H,1-2H3;2*3-4H,1-2H3;3-5H,1-2H3;3-5H,1-2H3;1-6H3. The molecule has 144 heavy (non-hydrogen) atoms. The molecular formula is C107H130Br2ClN19O14Si. The molecule has 0 aliphatic heterocycles. The molecule has 15 aromatic rings. The number of fused-ring (bicyclic) bond motifs is 4. The molecule has 0 aliphatic rings. The molecule has 3 atom stereocenters. The fraction of sp³-hybridized carbons (Fsp3) is 0.364. The average molecular weight is 2130 g/mol. The lowest BCUT2D eigenvalue weighted by Gasteiger charge is -2.33. The van der Waals surface area contributed by atoms with Gasteiger partial charge in [0.15, 0.2) is 23.5 Å². The van der Waals surface area contributed by atoms with Crippen molar-refractivity contribution in [2.45, 2.75) is 202 Å². The third-order valence-electron chi connectivity index (χ3n) is 23.6. The summed E-state index contributed by atoms with van der Waals surface area (Å²) in [7, 11) is 10.3. The first-order valence-electron chi connectivity index (χ1n) is 46.0. The molecule has 0 amide bonds. The van der Waals surface area contributed by atoms with Crippen LogP contribution in [0.25, 0.3) is 44.1 Å². The lowest BCUT2D eigenvalue weighted by atomic mass is 9.71. The first kappa shape index (κ1) is 117. The molecule has 3 unspecified atom stereocenters. The van der Waals surface area contributed by atoms with E-state index in [-0.39, 0.29) is 59.2 Å². The van der Waals surface area contributed by atoms with Crippen molar-refractivity contribution in [2.24, 2.45) is 39.0 Å². The van der Waals surface area contributed by atoms with Crippen molar-refractivity contribution < 1.29 is 67.1 Å². The van der Waals surface area contributed by atoms with Gasteiger partial charge in [-0.3, -0.25) is 53.5 Å². The van der Waals surface area contributed by atoms with Gasteiger partial charge < -0.3 is 34.1 Å². The number of halogens is 3. The van der Waals surface area contributed by atoms with E-state index in [1.54, 1.807) is 57.2 Å². The van der Waals surface area contributed by atoms with Crippen LogP contribution in [0.5, 0.6) is 0 Å². The Morgan fingerprint density at radius 3 is 1.33 bits per heavy atom. The smallest absolute Gasteiger partial charge is 0.312 e. The number of alkyl halides is 1. The predicted molar refractivity (Wildman–Crippen MR) is 567 cm³/mol. The number of aliphatic hydroxyl groups excluding tert-OH is 2. The number of carbonyl (C=O) groups excluding carboxylic acids is 7. The van der Waals surface area contributed by atoms with Gasteiger partial charge in [-0.05, 0) is 314 Å². The number of methoxy groups -OCH3 is 3. The van der Waals surface area contributed by atoms with Crippen LogP contribution >= 0.6 is 43.5 Å². The van der Waals surface area contributed by atoms with Crippen LogP contribution in [-0.4, -0.2) is 171 Å². The molecule has 37 heteroatoms. The van der Waals surface area contributed by atoms with Gasteiger partial charge in [-0.15, -0.1) is 32.0 Å². The summed E-state index contributed by atoms with van der Waals surface area (Å²) in [4.78, 5) is 105. The number of nitrogens with zero attached hydrogens (tertiary/aromatic N) is 19. The van der Waals surface area contributed by atoms with Crippen LogP contribution in [0.1, 0.15) is 253 Å². The highest BCUT2D eigenvalue weighted by Crippen LogP contribution is 2.45. The molecule has 33 nitrogen and oxygen atoms in total. The normalized spacial score (nSPS) is 11.6. The van der Waals surface area contributed by atoms with Crippen molar-refractivity contribution >= 4 is 137 Å². The van der Waals surface area contributed by atoms with E-state index in [1.165, 1.54) is 48.1 Å². The molecular weight excluding hydrogens is 2000 g/mol. The number of aldehydes is 1. The van der Waals surface area contributed by atoms with E-state index in [9.17, 15) is 49.0 Å². The number of aromatic nitrogens is 19. The van der Waals surface area contributed by atoms with Gasteiger partial charge >= 0.3 is 11.9 Å². The van der Waals surface area contributed by atoms with Crippen LogP contribution < -0.4 is 4.73 Å². The number of hydrogen-bond acceptors (Lipinski definition) is 28. The fourth-order valence-corrected chi connectivity index (χ4v) is 17.4. The van der Waals surface area contributed by atoms with Crippen LogP contribution in [0, 0.1) is 85.3 Å². The van der Waals surface area contributed by atoms with E-state index in [4.69, 9.17) is 35.2 Å². The highest BCUT2D eigenvalue weighted by molar-refractivity contribution is 9.10. The highest BCUT2D eigenvalue weighted by Gasteiger charge is 2.43. The van der Waals surface area contributed by atoms with Crippen molar-refractivity contribution in [3.05, 3.63) is 313 Å². The number of benzene rings is 4. The summed E-state index contributed by atoms with van der Waals surface area (Å²) in [6, 6.07) is 43.5. The van der Waals surface area contributed by atoms with Gasteiger partial charge in [-0.2, -0.15) is 4.73 Å². The minimum Gasteiger partial charge on any atom is -0.618 e. The number of pyridine rings is 7. The second-order valence-corrected chi connectivity index (χ2v) is 42.9. The largest absolute Gasteiger partial charge is 0.618 e. The zero-order valence-corrected chi connectivity index (χ0v) is 92.7. The van der Waals surface area contributed by atoms with Crippen molar-refractivity contribution in [1.29, 1.82) is 0 Å². The molecule has 2 N–H and O–H groups in total. The summed E-state index contributed by atoms with van der Waals surface area (Å²) in [5.74, 6) is -0.497. The van der Waals surface area contributed by atoms with Crippen molar-refractivity contribution in [3.63, 3.8) is 0 Å². The minimum atomic E-state index is -1.49. The zero-order valence-electron chi connectivity index (χ0n) is 87.8. The number of carbonyl (C=O) groups is 7. The van der Waals surface area contributed by atoms with E-state index in [0.29, 0.717) is 65.5 Å². The number of allylic oxidation sites excluding steroid dienone is 1. The Kier molecular flexibility index (Phi) is 42.8. The molecule has 0 saturated carbocycles. The Balaban J connectivity index is 0.000000227. The molecule has 11 heterocycles. The molecule has 4 aromatic carbocycles. The molecule has 15 rings (SSSR count). The third kappa shape index (κ3) is 30.0. The lowest BCUT2D eigenvalue weighted by Crippen LogP contribution is -2.34. The topological polar surface area (TPSA) is 424 Å². The van der Waals surface area contributed by atoms with E-state index in [0.717, 1.165) is 152 Å². The van der Waals surface area contributed by atoms with Gasteiger partial charge in [0, 0.05) is 114 Å². The van der Waals surface area contributed by atoms with Gasteiger partial charge in [-0.25, -0.2) is 28.7 Å². The summed E-state index contributed by atoms with van der Waals surface area (Å²) < 4.78 is 29.8. The lowest BCUT2D eigenvalue weighted by molar-refractivity contribution is -0.608. The van der Waals surface area contributed by atoms with Crippen molar-refractivity contribution in [3.8, 4) is 0 Å². The molecule has 0 bridgehead atoms. The number of ether oxygens (including phenoxy) is 3. The maximum atomic E-state index is 12.7. The highest BCUT2D eigenvalue weighted by atomic mass is 79.9. The first-order chi connectivity index (χ1) is 67.7. The summed E-state index contributed by atoms with van der Waals surface area (Å²) >= 11 is 12.5. The average Bonchev–Trinajstić information content (AvgIpc) is 1.32. The second kappa shape index (κ2) is 52.6. The SMILES string of the molecule is CC(=O)c1c(C)ccc[n+]1[O-].CC(=O)c1nc(Br)ccc1C.CC(=O)c1nc(Br)ccc1C.CC(=O)c1ncccc1C.CCc1nc(C(O)c2ccc3c(nnn3C)c2C)ccc1C.COC(=O)C(C)(C)C(c1ccc(C)c(CO)n1)c1ccc2c(nnn2C)c1C.COC(=O)C(C)(C)C(c1ccc2c(c1)nnn2C)c1ccc(C)c(CCl)n1.COC(O[Si](C)(C)C)=C(C)C.Cc1c(C=O)ccc2c1nnn2C. The molecule has 0 spiro atoms. The maximum absolute atomic E-state index is 12.7. The Labute approximate surface area is 863 Å². The predicted octanol–water partition coefficient (Wildman–Crippen LogP) is 20.1. The summed E-state index contributed by atoms with van der Waals surface area (Å²) in [6.07, 6.45) is 3.89. The molecule has 762 valence electrons. The number of hydrogen-bond donors (Lipinski definition) is 2. The van der Waals surface area contributed by atoms with E-state index in [1.807, 2.05) is 253 Å². The summed E-state index contributed by atoms with van der Waals surface area (Å²) in [6.45, 7) is 44.8. The van der Waals surface area contributed by atoms with Gasteiger partial charge in [0.25, 0.3) is 11.6 Å². The van der Waals surface area contributed by atoms with E-state index >= 15 is 0 Å². The number of esters is 2. The number of aliphatic hydroxyl groups is 2. The minimum absolute atomic E-state index is 0.00352. The van der Waals surface area contributed by atoms with Gasteiger partial charge in [-0.1, -0.05) is 82.4 Å². The van der Waals surface area contributed by atoms with Crippen LogP contribution in [0.15, 0.2) is 173 Å². The first-order valence-corrected chi connectivity index (χ1v) is 51.6. The maximum Gasteiger partial charge on any atom is 0.312 e. The van der Waals surface area contributed by atoms with Crippen molar-refractivity contribution in [2.75, 3.05) is 21.3 Å². The molecule has 0 aliphatic carbocycles. The number of aryl methyl sites for hydroxylation is 15. The Bertz CT molecular complexity index is 7080. The van der Waals surface area contributed by atoms with Crippen LogP contribution in [0.2, 0.25) is 19.6 Å². The van der Waals surface area contributed by atoms with Gasteiger partial charge in [0.2, 0.25) is 14.1 Å². The number of Topliss-reactive ketones (excluding diaryl/α,β-unsaturated/α-hetero) is 4. The third-order valence-corrected chi connectivity index (χ3v) is 25.5. The van der Waals surface area contributed by atoms with Crippen LogP contribution in [-0.2, 0) is 75.3 Å². The second-order valence-electron chi connectivity index (χ2n) is 36.6. The van der Waals surface area contributed by atoms with Crippen LogP contribution in [0.4, 0.5) is 0 Å². The van der Waals surface area contributed by atoms with Crippen LogP contribution in [0.3, 0.4) is 0 Å². The Hall–Kier alpha value is -13.7. The Morgan fingerprint density at radius 1 is 0.486 bits per heavy atom. The molecule has 0 fully saturated rings. The monoisotopic (exact) mass is 2130 g/mol. The number of ketones is 4. The zero-order chi connectivity index (χ0) is 108. The molecule has 0 radical (unpaired) electrons. The summed E-state index contributed by atoms with van der Waals surface area (Å²) in [5.41, 5.74) is 25.5. The van der Waals surface area contributed by atoms with E-state index < -0.39 is 25.3 Å². The van der Waals surface area contributed by atoms with Gasteiger partial charge in [0.1, 0.15) is 60.7 Å². The van der Waals surface area contributed by atoms with E-state index in [2.05, 4.69) is 125 Å². The van der Waals surface area contributed by atoms with Crippen molar-refractivity contribution in [1.82, 2.24) is 89.9 Å². The van der Waals surface area contributed by atoms with Gasteiger partial charge in [0.05, 0.1) is 83.8 Å².